The molecule has 1 saturated carbocycles. The van der Waals surface area contributed by atoms with Crippen molar-refractivity contribution in [1.29, 1.82) is 0 Å². The van der Waals surface area contributed by atoms with Gasteiger partial charge >= 0.3 is 5.97 Å². The zero-order chi connectivity index (χ0) is 26.5. The fourth-order valence-electron chi connectivity index (χ4n) is 4.99. The number of benzene rings is 3. The van der Waals surface area contributed by atoms with Gasteiger partial charge in [0.2, 0.25) is 5.91 Å². The third kappa shape index (κ3) is 5.69. The maximum Gasteiger partial charge on any atom is 0.330 e. The van der Waals surface area contributed by atoms with Gasteiger partial charge in [-0.05, 0) is 71.4 Å². The molecule has 1 unspecified atom stereocenters. The lowest BCUT2D eigenvalue weighted by Crippen LogP contribution is -2.40. The van der Waals surface area contributed by atoms with Crippen molar-refractivity contribution >= 4 is 45.3 Å². The quantitative estimate of drug-likeness (QED) is 0.164. The summed E-state index contributed by atoms with van der Waals surface area (Å²) in [4.78, 5) is 26.9. The predicted octanol–water partition coefficient (Wildman–Crippen LogP) is 6.75. The van der Waals surface area contributed by atoms with Gasteiger partial charge in [0.15, 0.2) is 6.23 Å². The molecule has 1 amide bonds. The number of anilines is 1. The largest absolute Gasteiger partial charge is 0.466 e. The monoisotopic (exact) mass is 526 g/mol. The highest BCUT2D eigenvalue weighted by molar-refractivity contribution is 7.13. The molecule has 6 nitrogen and oxygen atoms in total. The number of hydrogen-bond donors (Lipinski definition) is 1. The van der Waals surface area contributed by atoms with Crippen LogP contribution in [0.4, 0.5) is 5.69 Å². The molecule has 0 bridgehead atoms. The minimum atomic E-state index is -1.15. The minimum Gasteiger partial charge on any atom is -0.466 e. The Morgan fingerprint density at radius 1 is 1.03 bits per heavy atom. The average molecular weight is 527 g/mol. The normalized spacial score (nSPS) is 15.0. The van der Waals surface area contributed by atoms with Gasteiger partial charge in [-0.3, -0.25) is 9.69 Å². The first-order chi connectivity index (χ1) is 18.5. The van der Waals surface area contributed by atoms with Crippen LogP contribution in [-0.4, -0.2) is 28.5 Å². The van der Waals surface area contributed by atoms with Crippen LogP contribution in [0.1, 0.15) is 49.5 Å². The van der Waals surface area contributed by atoms with Gasteiger partial charge in [-0.15, -0.1) is 0 Å². The second-order valence-corrected chi connectivity index (χ2v) is 10.4. The molecule has 1 N–H and O–H groups in total. The number of ether oxygens (including phenoxy) is 1. The number of nitrogens with zero attached hydrogens (tertiary/aromatic N) is 2. The highest BCUT2D eigenvalue weighted by Gasteiger charge is 2.32. The Morgan fingerprint density at radius 3 is 2.55 bits per heavy atom. The van der Waals surface area contributed by atoms with E-state index in [-0.39, 0.29) is 11.8 Å². The van der Waals surface area contributed by atoms with E-state index in [2.05, 4.69) is 27.3 Å². The summed E-state index contributed by atoms with van der Waals surface area (Å²) in [6.45, 7) is 0. The molecule has 5 rings (SSSR count). The molecule has 4 aromatic rings. The number of fused-ring (bicyclic) bond motifs is 1. The Morgan fingerprint density at radius 2 is 1.79 bits per heavy atom. The molecule has 3 aromatic carbocycles. The molecule has 1 aliphatic carbocycles. The summed E-state index contributed by atoms with van der Waals surface area (Å²) in [7, 11) is 1.33. The number of methoxy groups -OCH3 is 1. The SMILES string of the molecule is COC(=O)/C=C/c1cccc(N(C(=O)C2CCCCC2)C(O)c2ccc(-c3ccc4sncc4c3)cc2)c1. The molecule has 1 heterocycles. The molecule has 1 atom stereocenters. The molecule has 1 aromatic heterocycles. The topological polar surface area (TPSA) is 79.7 Å². The van der Waals surface area contributed by atoms with E-state index in [9.17, 15) is 14.7 Å². The van der Waals surface area contributed by atoms with Gasteiger partial charge in [-0.2, -0.15) is 4.37 Å². The predicted molar refractivity (Wildman–Crippen MR) is 152 cm³/mol. The first kappa shape index (κ1) is 25.8. The molecule has 7 heteroatoms. The molecule has 0 saturated heterocycles. The van der Waals surface area contributed by atoms with E-state index in [1.807, 2.05) is 54.7 Å². The van der Waals surface area contributed by atoms with Crippen LogP contribution in [0.15, 0.2) is 79.0 Å². The fourth-order valence-corrected chi connectivity index (χ4v) is 5.62. The average Bonchev–Trinajstić information content (AvgIpc) is 3.45. The Kier molecular flexibility index (Phi) is 7.96. The van der Waals surface area contributed by atoms with Crippen LogP contribution in [0, 0.1) is 5.92 Å². The molecule has 0 radical (unpaired) electrons. The van der Waals surface area contributed by atoms with Crippen molar-refractivity contribution in [2.45, 2.75) is 38.3 Å². The number of carbonyl (C=O) groups excluding carboxylic acids is 2. The van der Waals surface area contributed by atoms with Crippen LogP contribution >= 0.6 is 11.5 Å². The van der Waals surface area contributed by atoms with Crippen molar-refractivity contribution in [3.8, 4) is 11.1 Å². The molecular weight excluding hydrogens is 496 g/mol. The Balaban J connectivity index is 1.45. The number of esters is 1. The molecular formula is C31H30N2O4S. The summed E-state index contributed by atoms with van der Waals surface area (Å²) >= 11 is 1.47. The van der Waals surface area contributed by atoms with Gasteiger partial charge in [0.05, 0.1) is 11.8 Å². The summed E-state index contributed by atoms with van der Waals surface area (Å²) in [6, 6.07) is 21.2. The molecule has 38 heavy (non-hydrogen) atoms. The lowest BCUT2D eigenvalue weighted by atomic mass is 9.88. The summed E-state index contributed by atoms with van der Waals surface area (Å²) in [5, 5.41) is 12.7. The van der Waals surface area contributed by atoms with Crippen molar-refractivity contribution in [2.75, 3.05) is 12.0 Å². The summed E-state index contributed by atoms with van der Waals surface area (Å²) in [5.41, 5.74) is 4.04. The number of rotatable bonds is 7. The van der Waals surface area contributed by atoms with Crippen LogP contribution in [0.5, 0.6) is 0 Å². The summed E-state index contributed by atoms with van der Waals surface area (Å²) < 4.78 is 10.1. The van der Waals surface area contributed by atoms with E-state index < -0.39 is 12.2 Å². The highest BCUT2D eigenvalue weighted by Crippen LogP contribution is 2.34. The molecule has 194 valence electrons. The number of carbonyl (C=O) groups is 2. The summed E-state index contributed by atoms with van der Waals surface area (Å²) in [5.74, 6) is -0.663. The van der Waals surface area contributed by atoms with Gasteiger partial charge in [-0.25, -0.2) is 4.79 Å². The Bertz CT molecular complexity index is 1450. The van der Waals surface area contributed by atoms with Crippen LogP contribution in [0.2, 0.25) is 0 Å². The van der Waals surface area contributed by atoms with Crippen molar-refractivity contribution in [3.63, 3.8) is 0 Å². The zero-order valence-electron chi connectivity index (χ0n) is 21.2. The van der Waals surface area contributed by atoms with Gasteiger partial charge < -0.3 is 9.84 Å². The molecule has 0 aliphatic heterocycles. The van der Waals surface area contributed by atoms with Crippen LogP contribution in [0.25, 0.3) is 27.3 Å². The minimum absolute atomic E-state index is 0.0780. The maximum absolute atomic E-state index is 13.8. The number of aromatic nitrogens is 1. The molecule has 1 fully saturated rings. The highest BCUT2D eigenvalue weighted by atomic mass is 32.1. The first-order valence-corrected chi connectivity index (χ1v) is 13.6. The van der Waals surface area contributed by atoms with E-state index in [0.717, 1.165) is 58.9 Å². The van der Waals surface area contributed by atoms with Crippen LogP contribution in [0.3, 0.4) is 0 Å². The van der Waals surface area contributed by atoms with Crippen LogP contribution in [-0.2, 0) is 14.3 Å². The van der Waals surface area contributed by atoms with Gasteiger partial charge in [0.25, 0.3) is 0 Å². The zero-order valence-corrected chi connectivity index (χ0v) is 22.1. The van der Waals surface area contributed by atoms with Gasteiger partial charge in [0.1, 0.15) is 0 Å². The van der Waals surface area contributed by atoms with Crippen molar-refractivity contribution in [1.82, 2.24) is 4.37 Å². The van der Waals surface area contributed by atoms with E-state index in [1.54, 1.807) is 6.08 Å². The first-order valence-electron chi connectivity index (χ1n) is 12.9. The van der Waals surface area contributed by atoms with E-state index in [4.69, 9.17) is 0 Å². The van der Waals surface area contributed by atoms with Gasteiger partial charge in [0, 0.05) is 34.8 Å². The third-order valence-electron chi connectivity index (χ3n) is 7.09. The fraction of sp³-hybridized carbons (Fsp3) is 0.258. The van der Waals surface area contributed by atoms with Crippen molar-refractivity contribution in [3.05, 3.63) is 90.1 Å². The number of hydrogen-bond acceptors (Lipinski definition) is 6. The van der Waals surface area contributed by atoms with Gasteiger partial charge in [-0.1, -0.05) is 61.7 Å². The van der Waals surface area contributed by atoms with Crippen molar-refractivity contribution < 1.29 is 19.4 Å². The molecule has 0 spiro atoms. The second-order valence-electron chi connectivity index (χ2n) is 9.57. The van der Waals surface area contributed by atoms with Crippen molar-refractivity contribution in [2.24, 2.45) is 5.92 Å². The Hall–Kier alpha value is -3.81. The Labute approximate surface area is 226 Å². The van der Waals surface area contributed by atoms with E-state index >= 15 is 0 Å². The van der Waals surface area contributed by atoms with E-state index in [0.29, 0.717) is 11.3 Å². The number of aliphatic hydroxyl groups excluding tert-OH is 1. The lowest BCUT2D eigenvalue weighted by molar-refractivity contribution is -0.134. The summed E-state index contributed by atoms with van der Waals surface area (Å²) in [6.07, 6.45) is 8.50. The number of aliphatic hydroxyl groups is 1. The third-order valence-corrected chi connectivity index (χ3v) is 7.87. The maximum atomic E-state index is 13.8. The smallest absolute Gasteiger partial charge is 0.330 e. The van der Waals surface area contributed by atoms with Crippen LogP contribution < -0.4 is 4.90 Å². The molecule has 1 aliphatic rings. The number of amides is 1. The standard InChI is InChI=1S/C31H30N2O4S/c1-37-29(34)17-10-21-6-5-9-27(18-21)33(30(35)23-7-3-2-4-8-23)31(36)24-13-11-22(12-14-24)25-15-16-28-26(19-25)20-32-38-28/h5-6,9-20,23,31,36H,2-4,7-8H2,1H3/b17-10+. The van der Waals surface area contributed by atoms with E-state index in [1.165, 1.54) is 29.6 Å². The second kappa shape index (κ2) is 11.7. The lowest BCUT2D eigenvalue weighted by Gasteiger charge is -2.33.